The molecule has 0 unspecified atom stereocenters. The number of piperidine rings is 2. The van der Waals surface area contributed by atoms with Crippen LogP contribution >= 0.6 is 0 Å². The van der Waals surface area contributed by atoms with E-state index in [4.69, 9.17) is 4.74 Å². The summed E-state index contributed by atoms with van der Waals surface area (Å²) in [5.41, 5.74) is -0.795. The van der Waals surface area contributed by atoms with Crippen molar-refractivity contribution >= 4 is 11.8 Å². The summed E-state index contributed by atoms with van der Waals surface area (Å²) >= 11 is 0. The third-order valence-electron chi connectivity index (χ3n) is 5.64. The summed E-state index contributed by atoms with van der Waals surface area (Å²) in [6, 6.07) is 0. The van der Waals surface area contributed by atoms with E-state index in [9.17, 15) is 14.7 Å². The minimum Gasteiger partial charge on any atom is -0.392 e. The summed E-state index contributed by atoms with van der Waals surface area (Å²) < 4.78 is 5.33. The lowest BCUT2D eigenvalue weighted by Gasteiger charge is -2.46. The maximum absolute atomic E-state index is 12.5. The van der Waals surface area contributed by atoms with E-state index in [2.05, 4.69) is 10.2 Å². The molecular formula is C17H29N3O4. The zero-order chi connectivity index (χ0) is 17.0. The van der Waals surface area contributed by atoms with Crippen molar-refractivity contribution in [2.75, 3.05) is 52.5 Å². The SMILES string of the molecule is O=C(CCCN1CCOCC1)N1CC[C@H](O)[C@@]2(CCCNC2=O)C1. The molecule has 3 heterocycles. The number of hydrogen-bond acceptors (Lipinski definition) is 5. The zero-order valence-corrected chi connectivity index (χ0v) is 14.3. The van der Waals surface area contributed by atoms with E-state index >= 15 is 0 Å². The van der Waals surface area contributed by atoms with E-state index in [0.717, 1.165) is 45.7 Å². The second-order valence-electron chi connectivity index (χ2n) is 7.19. The van der Waals surface area contributed by atoms with Gasteiger partial charge in [-0.3, -0.25) is 14.5 Å². The van der Waals surface area contributed by atoms with Crippen LogP contribution in [0.4, 0.5) is 0 Å². The molecule has 1 spiro atoms. The summed E-state index contributed by atoms with van der Waals surface area (Å²) in [7, 11) is 0. The van der Waals surface area contributed by atoms with Crippen LogP contribution < -0.4 is 5.32 Å². The number of amides is 2. The number of nitrogens with zero attached hydrogens (tertiary/aromatic N) is 2. The molecule has 24 heavy (non-hydrogen) atoms. The fourth-order valence-electron chi connectivity index (χ4n) is 4.09. The summed E-state index contributed by atoms with van der Waals surface area (Å²) in [5.74, 6) is 0.0139. The molecule has 7 heteroatoms. The molecule has 7 nitrogen and oxygen atoms in total. The topological polar surface area (TPSA) is 82.1 Å². The Balaban J connectivity index is 1.50. The molecule has 0 saturated carbocycles. The van der Waals surface area contributed by atoms with Crippen LogP contribution in [0, 0.1) is 5.41 Å². The van der Waals surface area contributed by atoms with Gasteiger partial charge in [-0.2, -0.15) is 0 Å². The largest absolute Gasteiger partial charge is 0.392 e. The predicted octanol–water partition coefficient (Wildman–Crippen LogP) is -0.412. The van der Waals surface area contributed by atoms with Gasteiger partial charge in [0.05, 0.1) is 24.7 Å². The monoisotopic (exact) mass is 339 g/mol. The van der Waals surface area contributed by atoms with Gasteiger partial charge in [-0.25, -0.2) is 0 Å². The fourth-order valence-corrected chi connectivity index (χ4v) is 4.09. The summed E-state index contributed by atoms with van der Waals surface area (Å²) in [4.78, 5) is 29.0. The number of rotatable bonds is 4. The van der Waals surface area contributed by atoms with Gasteiger partial charge in [-0.1, -0.05) is 0 Å². The lowest BCUT2D eigenvalue weighted by atomic mass is 9.71. The Morgan fingerprint density at radius 3 is 2.88 bits per heavy atom. The van der Waals surface area contributed by atoms with E-state index in [1.807, 2.05) is 0 Å². The van der Waals surface area contributed by atoms with Gasteiger partial charge in [0, 0.05) is 39.1 Å². The number of ether oxygens (including phenoxy) is 1. The predicted molar refractivity (Wildman–Crippen MR) is 88.4 cm³/mol. The van der Waals surface area contributed by atoms with Crippen LogP contribution in [-0.2, 0) is 14.3 Å². The lowest BCUT2D eigenvalue weighted by Crippen LogP contribution is -2.62. The van der Waals surface area contributed by atoms with Crippen molar-refractivity contribution in [3.63, 3.8) is 0 Å². The molecule has 0 radical (unpaired) electrons. The van der Waals surface area contributed by atoms with Crippen molar-refractivity contribution in [3.05, 3.63) is 0 Å². The first kappa shape index (κ1) is 17.6. The molecule has 2 amide bonds. The molecule has 0 aliphatic carbocycles. The van der Waals surface area contributed by atoms with Crippen LogP contribution in [0.3, 0.4) is 0 Å². The number of morpholine rings is 1. The van der Waals surface area contributed by atoms with Crippen LogP contribution in [0.25, 0.3) is 0 Å². The molecule has 136 valence electrons. The van der Waals surface area contributed by atoms with Crippen molar-refractivity contribution in [1.82, 2.24) is 15.1 Å². The van der Waals surface area contributed by atoms with Gasteiger partial charge < -0.3 is 20.1 Å². The van der Waals surface area contributed by atoms with E-state index in [0.29, 0.717) is 38.9 Å². The van der Waals surface area contributed by atoms with Crippen molar-refractivity contribution in [3.8, 4) is 0 Å². The molecule has 0 aromatic rings. The van der Waals surface area contributed by atoms with Crippen LogP contribution in [0.15, 0.2) is 0 Å². The van der Waals surface area contributed by atoms with Crippen LogP contribution in [0.1, 0.15) is 32.1 Å². The first-order valence-electron chi connectivity index (χ1n) is 9.16. The van der Waals surface area contributed by atoms with Gasteiger partial charge >= 0.3 is 0 Å². The van der Waals surface area contributed by atoms with E-state index in [1.165, 1.54) is 0 Å². The molecule has 3 fully saturated rings. The van der Waals surface area contributed by atoms with Gasteiger partial charge in [0.1, 0.15) is 0 Å². The molecule has 2 atom stereocenters. The van der Waals surface area contributed by atoms with Gasteiger partial charge in [0.15, 0.2) is 0 Å². The van der Waals surface area contributed by atoms with E-state index < -0.39 is 11.5 Å². The maximum atomic E-state index is 12.5. The number of carbonyl (C=O) groups is 2. The van der Waals surface area contributed by atoms with E-state index in [-0.39, 0.29) is 11.8 Å². The third-order valence-corrected chi connectivity index (χ3v) is 5.64. The van der Waals surface area contributed by atoms with Crippen molar-refractivity contribution < 1.29 is 19.4 Å². The minimum absolute atomic E-state index is 0.0907. The first-order valence-corrected chi connectivity index (χ1v) is 9.16. The van der Waals surface area contributed by atoms with Crippen molar-refractivity contribution in [1.29, 1.82) is 0 Å². The highest BCUT2D eigenvalue weighted by atomic mass is 16.5. The standard InChI is InChI=1S/C17H29N3O4/c21-14-4-8-20(13-17(14)5-2-6-18-16(17)23)15(22)3-1-7-19-9-11-24-12-10-19/h14,21H,1-13H2,(H,18,23)/t14-,17+/m0/s1. The Hall–Kier alpha value is -1.18. The maximum Gasteiger partial charge on any atom is 0.230 e. The summed E-state index contributed by atoms with van der Waals surface area (Å²) in [6.45, 7) is 5.91. The van der Waals surface area contributed by atoms with Crippen LogP contribution in [0.5, 0.6) is 0 Å². The quantitative estimate of drug-likeness (QED) is 0.728. The van der Waals surface area contributed by atoms with Crippen LogP contribution in [0.2, 0.25) is 0 Å². The third kappa shape index (κ3) is 3.73. The molecule has 0 aromatic heterocycles. The highest BCUT2D eigenvalue weighted by Crippen LogP contribution is 2.37. The molecule has 2 N–H and O–H groups in total. The number of aliphatic hydroxyl groups excluding tert-OH is 1. The number of likely N-dealkylation sites (tertiary alicyclic amines) is 1. The molecule has 3 saturated heterocycles. The van der Waals surface area contributed by atoms with Gasteiger partial charge in [0.25, 0.3) is 0 Å². The number of aliphatic hydroxyl groups is 1. The van der Waals surface area contributed by atoms with Gasteiger partial charge in [0.2, 0.25) is 11.8 Å². The Morgan fingerprint density at radius 1 is 1.33 bits per heavy atom. The average molecular weight is 339 g/mol. The first-order chi connectivity index (χ1) is 11.6. The zero-order valence-electron chi connectivity index (χ0n) is 14.3. The number of hydrogen-bond donors (Lipinski definition) is 2. The lowest BCUT2D eigenvalue weighted by molar-refractivity contribution is -0.154. The smallest absolute Gasteiger partial charge is 0.230 e. The second-order valence-corrected chi connectivity index (χ2v) is 7.19. The van der Waals surface area contributed by atoms with E-state index in [1.54, 1.807) is 4.90 Å². The highest BCUT2D eigenvalue weighted by molar-refractivity contribution is 5.86. The molecule has 0 bridgehead atoms. The second kappa shape index (κ2) is 7.80. The molecule has 0 aromatic carbocycles. The highest BCUT2D eigenvalue weighted by Gasteiger charge is 2.50. The Bertz CT molecular complexity index is 467. The summed E-state index contributed by atoms with van der Waals surface area (Å²) in [6.07, 6.45) is 2.71. The molecule has 3 rings (SSSR count). The molecular weight excluding hydrogens is 310 g/mol. The Labute approximate surface area is 143 Å². The molecule has 3 aliphatic rings. The summed E-state index contributed by atoms with van der Waals surface area (Å²) in [5, 5.41) is 13.2. The number of carbonyl (C=O) groups excluding carboxylic acids is 2. The van der Waals surface area contributed by atoms with Gasteiger partial charge in [-0.15, -0.1) is 0 Å². The minimum atomic E-state index is -0.795. The number of nitrogens with one attached hydrogen (secondary N) is 1. The van der Waals surface area contributed by atoms with Crippen molar-refractivity contribution in [2.24, 2.45) is 5.41 Å². The Kier molecular flexibility index (Phi) is 5.73. The average Bonchev–Trinajstić information content (AvgIpc) is 2.60. The normalized spacial score (nSPS) is 32.0. The fraction of sp³-hybridized carbons (Fsp3) is 0.882. The molecule has 3 aliphatic heterocycles. The Morgan fingerprint density at radius 2 is 2.12 bits per heavy atom. The van der Waals surface area contributed by atoms with Crippen molar-refractivity contribution in [2.45, 2.75) is 38.2 Å². The van der Waals surface area contributed by atoms with Crippen LogP contribution in [-0.4, -0.2) is 85.3 Å². The van der Waals surface area contributed by atoms with Gasteiger partial charge in [-0.05, 0) is 32.2 Å².